The Balaban J connectivity index is 0.000000214. The molecular weight excluding hydrogens is 486 g/mol. The second-order valence-corrected chi connectivity index (χ2v) is 9.09. The van der Waals surface area contributed by atoms with Gasteiger partial charge in [-0.15, -0.1) is 10.2 Å². The molecule has 9 nitrogen and oxygen atoms in total. The third kappa shape index (κ3) is 7.22. The first-order chi connectivity index (χ1) is 17.1. The summed E-state index contributed by atoms with van der Waals surface area (Å²) in [7, 11) is -4.94. The van der Waals surface area contributed by atoms with Crippen molar-refractivity contribution >= 4 is 44.3 Å². The molecule has 0 bridgehead atoms. The fourth-order valence-electron chi connectivity index (χ4n) is 4.36. The molecule has 0 atom stereocenters. The van der Waals surface area contributed by atoms with Crippen molar-refractivity contribution < 1.29 is 43.0 Å². The van der Waals surface area contributed by atoms with Gasteiger partial charge in [0.05, 0.1) is 17.7 Å². The number of ether oxygens (including phenoxy) is 1. The summed E-state index contributed by atoms with van der Waals surface area (Å²) in [5, 5.41) is 4.05. The van der Waals surface area contributed by atoms with Gasteiger partial charge in [-0.25, -0.2) is 28.0 Å². The molecule has 3 heterocycles. The molecule has 0 spiro atoms. The highest BCUT2D eigenvalue weighted by atomic mass is 35.7. The van der Waals surface area contributed by atoms with Crippen LogP contribution in [0.5, 0.6) is 0 Å². The molecule has 192 valence electrons. The summed E-state index contributed by atoms with van der Waals surface area (Å²) in [6, 6.07) is 12.1. The van der Waals surface area contributed by atoms with Crippen LogP contribution in [0, 0.1) is 10.2 Å². The van der Waals surface area contributed by atoms with Crippen molar-refractivity contribution in [2.24, 2.45) is 0 Å². The molecule has 0 fully saturated rings. The van der Waals surface area contributed by atoms with E-state index in [1.165, 1.54) is 32.4 Å². The Labute approximate surface area is 211 Å². The molecule has 2 aromatic heterocycles. The van der Waals surface area contributed by atoms with Gasteiger partial charge in [0.2, 0.25) is 0 Å². The van der Waals surface area contributed by atoms with Crippen LogP contribution in [-0.4, -0.2) is 45.9 Å². The number of fused-ring (bicyclic) bond motifs is 4. The van der Waals surface area contributed by atoms with E-state index >= 15 is 0 Å². The highest BCUT2D eigenvalue weighted by molar-refractivity contribution is 6.18. The van der Waals surface area contributed by atoms with E-state index in [1.807, 2.05) is 37.3 Å². The number of nitrogens with zero attached hydrogens (tertiary/aromatic N) is 2. The van der Waals surface area contributed by atoms with E-state index in [2.05, 4.69) is 34.5 Å². The van der Waals surface area contributed by atoms with E-state index in [0.29, 0.717) is 12.2 Å². The average molecular weight is 516 g/mol. The SMILES string of the molecule is CCOC(=O)c1c[nH]c2ccc3cc4ncccc4cc3c12.CC[N+]1=C(C)CCCC1.[O-][Cl+3]([O-])([O-])[O-]. The van der Waals surface area contributed by atoms with E-state index in [1.54, 1.807) is 18.1 Å². The number of halogens is 1. The molecule has 0 saturated carbocycles. The van der Waals surface area contributed by atoms with E-state index in [0.717, 1.165) is 32.6 Å². The van der Waals surface area contributed by atoms with Crippen LogP contribution in [0.1, 0.15) is 50.4 Å². The van der Waals surface area contributed by atoms with Gasteiger partial charge in [0.15, 0.2) is 0 Å². The second-order valence-electron chi connectivity index (χ2n) is 8.33. The first-order valence-corrected chi connectivity index (χ1v) is 13.0. The molecular formula is C26H30ClN3O6. The number of carbonyl (C=O) groups is 1. The summed E-state index contributed by atoms with van der Waals surface area (Å²) in [4.78, 5) is 19.7. The summed E-state index contributed by atoms with van der Waals surface area (Å²) in [6.45, 7) is 9.15. The van der Waals surface area contributed by atoms with Gasteiger partial charge in [-0.2, -0.15) is 0 Å². The molecule has 1 aliphatic heterocycles. The average Bonchev–Trinajstić information content (AvgIpc) is 3.28. The highest BCUT2D eigenvalue weighted by Crippen LogP contribution is 2.31. The minimum atomic E-state index is -4.94. The number of aromatic nitrogens is 2. The lowest BCUT2D eigenvalue weighted by atomic mass is 10.0. The standard InChI is InChI=1S/C18H14N2O2.C8H16N.ClHO4/c1-2-22-18(21)14-10-20-15-6-5-11-9-16-12(4-3-7-19-16)8-13(11)17(14)15;1-3-9-7-5-4-6-8(9)2;2-1(3,4)5/h3-10,20H,2H2,1H3;3-7H2,1-2H3;(H,2,3,4,5)/q;+1;/p-1. The summed E-state index contributed by atoms with van der Waals surface area (Å²) < 4.78 is 41.6. The number of nitrogens with one attached hydrogen (secondary N) is 1. The van der Waals surface area contributed by atoms with Crippen LogP contribution < -0.4 is 18.6 Å². The Bertz CT molecular complexity index is 1370. The monoisotopic (exact) mass is 515 g/mol. The number of hydrogen-bond acceptors (Lipinski definition) is 7. The largest absolute Gasteiger partial charge is 0.462 e. The molecule has 2 aromatic carbocycles. The number of esters is 1. The van der Waals surface area contributed by atoms with Gasteiger partial charge in [0.1, 0.15) is 18.8 Å². The van der Waals surface area contributed by atoms with Gasteiger partial charge < -0.3 is 9.72 Å². The quantitative estimate of drug-likeness (QED) is 0.242. The van der Waals surface area contributed by atoms with Crippen LogP contribution in [-0.2, 0) is 4.74 Å². The summed E-state index contributed by atoms with van der Waals surface area (Å²) in [6.07, 6.45) is 7.63. The summed E-state index contributed by atoms with van der Waals surface area (Å²) in [5.74, 6) is -0.299. The maximum Gasteiger partial charge on any atom is 0.340 e. The lowest BCUT2D eigenvalue weighted by Crippen LogP contribution is -2.68. The van der Waals surface area contributed by atoms with Crippen molar-refractivity contribution in [1.29, 1.82) is 0 Å². The number of benzene rings is 2. The predicted octanol–water partition coefficient (Wildman–Crippen LogP) is 0.954. The van der Waals surface area contributed by atoms with Gasteiger partial charge >= 0.3 is 5.97 Å². The third-order valence-corrected chi connectivity index (χ3v) is 6.02. The number of carbonyl (C=O) groups excluding carboxylic acids is 1. The first-order valence-electron chi connectivity index (χ1n) is 11.8. The van der Waals surface area contributed by atoms with Crippen LogP contribution in [0.2, 0.25) is 0 Å². The van der Waals surface area contributed by atoms with Crippen molar-refractivity contribution in [1.82, 2.24) is 9.97 Å². The second kappa shape index (κ2) is 12.2. The van der Waals surface area contributed by atoms with E-state index in [4.69, 9.17) is 23.4 Å². The minimum Gasteiger partial charge on any atom is -0.462 e. The topological polar surface area (TPSA) is 150 Å². The van der Waals surface area contributed by atoms with Crippen molar-refractivity contribution in [2.45, 2.75) is 40.0 Å². The molecule has 4 aromatic rings. The van der Waals surface area contributed by atoms with Crippen LogP contribution in [0.3, 0.4) is 0 Å². The Morgan fingerprint density at radius 3 is 2.50 bits per heavy atom. The minimum absolute atomic E-state index is 0.299. The van der Waals surface area contributed by atoms with Crippen molar-refractivity contribution in [3.05, 3.63) is 54.4 Å². The highest BCUT2D eigenvalue weighted by Gasteiger charge is 2.16. The first kappa shape index (κ1) is 27.5. The van der Waals surface area contributed by atoms with Gasteiger partial charge in [-0.1, -0.05) is 12.1 Å². The maximum absolute atomic E-state index is 12.2. The fraction of sp³-hybridized carbons (Fsp3) is 0.346. The zero-order valence-electron chi connectivity index (χ0n) is 20.6. The van der Waals surface area contributed by atoms with E-state index < -0.39 is 10.2 Å². The molecule has 0 amide bonds. The molecule has 0 radical (unpaired) electrons. The molecule has 5 rings (SSSR count). The number of hydrogen-bond donors (Lipinski definition) is 1. The van der Waals surface area contributed by atoms with Crippen LogP contribution >= 0.6 is 0 Å². The number of pyridine rings is 1. The zero-order valence-corrected chi connectivity index (χ0v) is 21.3. The Hall–Kier alpha value is -3.08. The van der Waals surface area contributed by atoms with Crippen LogP contribution in [0.4, 0.5) is 0 Å². The number of rotatable bonds is 3. The molecule has 0 saturated heterocycles. The van der Waals surface area contributed by atoms with Crippen LogP contribution in [0.15, 0.2) is 48.8 Å². The summed E-state index contributed by atoms with van der Waals surface area (Å²) >= 11 is 0. The lowest BCUT2D eigenvalue weighted by molar-refractivity contribution is -2.00. The van der Waals surface area contributed by atoms with Gasteiger partial charge in [-0.3, -0.25) is 4.98 Å². The Kier molecular flexibility index (Phi) is 9.36. The maximum atomic E-state index is 12.2. The van der Waals surface area contributed by atoms with Gasteiger partial charge in [-0.05, 0) is 55.3 Å². The van der Waals surface area contributed by atoms with Crippen LogP contribution in [0.25, 0.3) is 32.6 Å². The normalized spacial score (nSPS) is 13.8. The molecule has 0 unspecified atom stereocenters. The van der Waals surface area contributed by atoms with Crippen molar-refractivity contribution in [3.63, 3.8) is 0 Å². The zero-order chi connectivity index (χ0) is 26.3. The summed E-state index contributed by atoms with van der Waals surface area (Å²) in [5.41, 5.74) is 4.04. The molecule has 1 N–H and O–H groups in total. The molecule has 1 aliphatic rings. The number of aromatic amines is 1. The third-order valence-electron chi connectivity index (χ3n) is 6.02. The number of H-pyrrole nitrogens is 1. The lowest BCUT2D eigenvalue weighted by Gasteiger charge is -2.17. The smallest absolute Gasteiger partial charge is 0.340 e. The molecule has 36 heavy (non-hydrogen) atoms. The Morgan fingerprint density at radius 1 is 1.11 bits per heavy atom. The van der Waals surface area contributed by atoms with E-state index in [9.17, 15) is 4.79 Å². The van der Waals surface area contributed by atoms with E-state index in [-0.39, 0.29) is 5.97 Å². The van der Waals surface area contributed by atoms with Gasteiger partial charge in [0.25, 0.3) is 0 Å². The molecule has 10 heteroatoms. The predicted molar refractivity (Wildman–Crippen MR) is 127 cm³/mol. The van der Waals surface area contributed by atoms with Crippen molar-refractivity contribution in [3.8, 4) is 0 Å². The molecule has 0 aliphatic carbocycles. The van der Waals surface area contributed by atoms with Gasteiger partial charge in [0, 0.05) is 48.4 Å². The Morgan fingerprint density at radius 2 is 1.86 bits per heavy atom. The fourth-order valence-corrected chi connectivity index (χ4v) is 4.36. The van der Waals surface area contributed by atoms with Crippen molar-refractivity contribution in [2.75, 3.05) is 19.7 Å².